The summed E-state index contributed by atoms with van der Waals surface area (Å²) < 4.78 is 1.18. The molecule has 27 heavy (non-hydrogen) atoms. The van der Waals surface area contributed by atoms with Gasteiger partial charge >= 0.3 is 0 Å². The Kier molecular flexibility index (Phi) is 4.63. The number of fused-ring (bicyclic) bond motifs is 1. The monoisotopic (exact) mass is 371 g/mol. The van der Waals surface area contributed by atoms with Crippen LogP contribution in [-0.2, 0) is 6.42 Å². The minimum atomic E-state index is 0.164. The number of aromatic nitrogens is 1. The van der Waals surface area contributed by atoms with Crippen molar-refractivity contribution in [2.75, 3.05) is 0 Å². The third-order valence-corrected chi connectivity index (χ3v) is 6.01. The zero-order valence-corrected chi connectivity index (χ0v) is 16.6. The Hall–Kier alpha value is -2.78. The molecule has 0 saturated carbocycles. The highest BCUT2D eigenvalue weighted by molar-refractivity contribution is 7.21. The summed E-state index contributed by atoms with van der Waals surface area (Å²) in [5.41, 5.74) is 7.33. The molecule has 4 rings (SSSR count). The summed E-state index contributed by atoms with van der Waals surface area (Å²) in [6, 6.07) is 20.5. The number of carbonyl (C=O) groups excluding carboxylic acids is 1. The largest absolute Gasteiger partial charge is 0.294 e. The molecule has 0 aliphatic rings. The van der Waals surface area contributed by atoms with Crippen molar-refractivity contribution in [1.29, 1.82) is 0 Å². The first-order valence-electron chi connectivity index (χ1n) is 9.07. The zero-order valence-electron chi connectivity index (χ0n) is 15.7. The summed E-state index contributed by atoms with van der Waals surface area (Å²) in [4.78, 5) is 17.6. The van der Waals surface area contributed by atoms with E-state index < -0.39 is 0 Å². The van der Waals surface area contributed by atoms with E-state index in [-0.39, 0.29) is 5.78 Å². The van der Waals surface area contributed by atoms with Crippen LogP contribution in [0.1, 0.15) is 32.6 Å². The van der Waals surface area contributed by atoms with Gasteiger partial charge in [0.05, 0.1) is 10.2 Å². The number of Topliss-reactive ketones (excluding diaryl/α,β-unsaturated/α-hetero) is 1. The van der Waals surface area contributed by atoms with Gasteiger partial charge in [0.15, 0.2) is 5.78 Å². The first kappa shape index (κ1) is 17.6. The topological polar surface area (TPSA) is 30.0 Å². The van der Waals surface area contributed by atoms with Crippen LogP contribution in [0.3, 0.4) is 0 Å². The normalized spacial score (nSPS) is 11.1. The summed E-state index contributed by atoms with van der Waals surface area (Å²) in [7, 11) is 0. The van der Waals surface area contributed by atoms with Crippen LogP contribution in [0, 0.1) is 20.8 Å². The van der Waals surface area contributed by atoms with Gasteiger partial charge in [0.25, 0.3) is 0 Å². The second-order valence-electron chi connectivity index (χ2n) is 7.05. The van der Waals surface area contributed by atoms with Gasteiger partial charge in [-0.2, -0.15) is 0 Å². The molecule has 0 aliphatic heterocycles. The maximum Gasteiger partial charge on any atom is 0.167 e. The second kappa shape index (κ2) is 7.09. The Labute approximate surface area is 163 Å². The standard InChI is InChI=1S/C24H21NOS/c1-15-8-11-20(17(3)12-15)22(26)14-19-13-18(10-9-16(19)2)24-25-21-6-4-5-7-23(21)27-24/h4-13H,14H2,1-3H3. The molecule has 0 atom stereocenters. The molecule has 0 spiro atoms. The summed E-state index contributed by atoms with van der Waals surface area (Å²) in [6.45, 7) is 6.12. The van der Waals surface area contributed by atoms with Crippen LogP contribution < -0.4 is 0 Å². The number of nitrogens with zero attached hydrogens (tertiary/aromatic N) is 1. The number of thiazole rings is 1. The molecule has 0 amide bonds. The van der Waals surface area contributed by atoms with Crippen molar-refractivity contribution in [3.8, 4) is 10.6 Å². The molecule has 3 heteroatoms. The van der Waals surface area contributed by atoms with E-state index in [2.05, 4.69) is 37.3 Å². The number of benzene rings is 3. The maximum atomic E-state index is 12.9. The molecule has 0 radical (unpaired) electrons. The molecule has 4 aromatic rings. The summed E-state index contributed by atoms with van der Waals surface area (Å²) in [6.07, 6.45) is 0.411. The van der Waals surface area contributed by atoms with Crippen LogP contribution in [-0.4, -0.2) is 10.8 Å². The molecular formula is C24H21NOS. The summed E-state index contributed by atoms with van der Waals surface area (Å²) in [5, 5.41) is 0.997. The number of ketones is 1. The van der Waals surface area contributed by atoms with Crippen molar-refractivity contribution in [2.45, 2.75) is 27.2 Å². The molecule has 0 aliphatic carbocycles. The molecule has 0 bridgehead atoms. The third kappa shape index (κ3) is 3.56. The van der Waals surface area contributed by atoms with E-state index in [1.54, 1.807) is 11.3 Å². The van der Waals surface area contributed by atoms with Gasteiger partial charge in [-0.25, -0.2) is 4.98 Å². The van der Waals surface area contributed by atoms with Crippen molar-refractivity contribution in [2.24, 2.45) is 0 Å². The van der Waals surface area contributed by atoms with Gasteiger partial charge in [-0.1, -0.05) is 48.0 Å². The summed E-state index contributed by atoms with van der Waals surface area (Å²) >= 11 is 1.69. The Morgan fingerprint density at radius 3 is 2.52 bits per heavy atom. The molecule has 1 aromatic heterocycles. The van der Waals surface area contributed by atoms with Crippen LogP contribution in [0.25, 0.3) is 20.8 Å². The lowest BCUT2D eigenvalue weighted by Crippen LogP contribution is -2.07. The van der Waals surface area contributed by atoms with Gasteiger partial charge in [-0.15, -0.1) is 11.3 Å². The van der Waals surface area contributed by atoms with E-state index in [0.29, 0.717) is 6.42 Å². The number of hydrogen-bond donors (Lipinski definition) is 0. The SMILES string of the molecule is Cc1ccc(C(=O)Cc2cc(-c3nc4ccccc4s3)ccc2C)c(C)c1. The van der Waals surface area contributed by atoms with Crippen LogP contribution in [0.2, 0.25) is 0 Å². The highest BCUT2D eigenvalue weighted by Crippen LogP contribution is 2.31. The van der Waals surface area contributed by atoms with Crippen molar-refractivity contribution >= 4 is 27.3 Å². The number of rotatable bonds is 4. The first-order valence-corrected chi connectivity index (χ1v) is 9.89. The smallest absolute Gasteiger partial charge is 0.167 e. The Morgan fingerprint density at radius 1 is 0.926 bits per heavy atom. The minimum absolute atomic E-state index is 0.164. The second-order valence-corrected chi connectivity index (χ2v) is 8.08. The van der Waals surface area contributed by atoms with Gasteiger partial charge in [0, 0.05) is 17.5 Å². The fourth-order valence-corrected chi connectivity index (χ4v) is 4.35. The maximum absolute atomic E-state index is 12.9. The van der Waals surface area contributed by atoms with E-state index in [1.807, 2.05) is 44.2 Å². The average Bonchev–Trinajstić information content (AvgIpc) is 3.07. The molecule has 3 aromatic carbocycles. The molecule has 0 unspecified atom stereocenters. The highest BCUT2D eigenvalue weighted by Gasteiger charge is 2.13. The fraction of sp³-hybridized carbons (Fsp3) is 0.167. The molecular weight excluding hydrogens is 350 g/mol. The molecule has 134 valence electrons. The van der Waals surface area contributed by atoms with Crippen LogP contribution >= 0.6 is 11.3 Å². The molecule has 0 fully saturated rings. The van der Waals surface area contributed by atoms with Gasteiger partial charge in [0.1, 0.15) is 5.01 Å². The van der Waals surface area contributed by atoms with Gasteiger partial charge in [-0.05, 0) is 55.7 Å². The van der Waals surface area contributed by atoms with Crippen LogP contribution in [0.5, 0.6) is 0 Å². The number of hydrogen-bond acceptors (Lipinski definition) is 3. The lowest BCUT2D eigenvalue weighted by atomic mass is 9.95. The van der Waals surface area contributed by atoms with Gasteiger partial charge in [0.2, 0.25) is 0 Å². The van der Waals surface area contributed by atoms with E-state index in [9.17, 15) is 4.79 Å². The van der Waals surface area contributed by atoms with E-state index >= 15 is 0 Å². The van der Waals surface area contributed by atoms with Crippen molar-refractivity contribution in [1.82, 2.24) is 4.98 Å². The molecule has 0 N–H and O–H groups in total. The van der Waals surface area contributed by atoms with Gasteiger partial charge in [-0.3, -0.25) is 4.79 Å². The zero-order chi connectivity index (χ0) is 19.0. The highest BCUT2D eigenvalue weighted by atomic mass is 32.1. The minimum Gasteiger partial charge on any atom is -0.294 e. The third-order valence-electron chi connectivity index (χ3n) is 4.92. The molecule has 0 saturated heterocycles. The number of aryl methyl sites for hydroxylation is 3. The van der Waals surface area contributed by atoms with E-state index in [0.717, 1.165) is 38.3 Å². The van der Waals surface area contributed by atoms with Crippen molar-refractivity contribution in [3.05, 3.63) is 88.5 Å². The average molecular weight is 372 g/mol. The van der Waals surface area contributed by atoms with E-state index in [4.69, 9.17) is 4.98 Å². The van der Waals surface area contributed by atoms with Gasteiger partial charge < -0.3 is 0 Å². The van der Waals surface area contributed by atoms with Crippen molar-refractivity contribution < 1.29 is 4.79 Å². The lowest BCUT2D eigenvalue weighted by Gasteiger charge is -2.09. The first-order chi connectivity index (χ1) is 13.0. The Bertz CT molecular complexity index is 1120. The lowest BCUT2D eigenvalue weighted by molar-refractivity contribution is 0.0992. The summed E-state index contributed by atoms with van der Waals surface area (Å²) in [5.74, 6) is 0.164. The van der Waals surface area contributed by atoms with Crippen LogP contribution in [0.4, 0.5) is 0 Å². The van der Waals surface area contributed by atoms with Crippen molar-refractivity contribution in [3.63, 3.8) is 0 Å². The molecule has 2 nitrogen and oxygen atoms in total. The number of para-hydroxylation sites is 1. The van der Waals surface area contributed by atoms with Crippen LogP contribution in [0.15, 0.2) is 60.7 Å². The predicted molar refractivity (Wildman–Crippen MR) is 114 cm³/mol. The number of carbonyl (C=O) groups is 1. The quantitative estimate of drug-likeness (QED) is 0.393. The fourth-order valence-electron chi connectivity index (χ4n) is 3.39. The molecule has 1 heterocycles. The Balaban J connectivity index is 1.67. The van der Waals surface area contributed by atoms with E-state index in [1.165, 1.54) is 10.3 Å². The predicted octanol–water partition coefficient (Wildman–Crippen LogP) is 6.31. The Morgan fingerprint density at radius 2 is 1.74 bits per heavy atom.